The summed E-state index contributed by atoms with van der Waals surface area (Å²) in [5.41, 5.74) is 8.62. The van der Waals surface area contributed by atoms with Crippen molar-refractivity contribution in [2.45, 2.75) is 71.8 Å². The van der Waals surface area contributed by atoms with Crippen molar-refractivity contribution in [3.05, 3.63) is 55.5 Å². The van der Waals surface area contributed by atoms with Crippen LogP contribution in [0, 0.1) is 0 Å². The summed E-state index contributed by atoms with van der Waals surface area (Å²) in [6, 6.07) is 2.11. The molecule has 4 rings (SSSR count). The molecule has 2 aliphatic rings. The van der Waals surface area contributed by atoms with Gasteiger partial charge < -0.3 is 10.6 Å². The van der Waals surface area contributed by atoms with Crippen molar-refractivity contribution in [1.82, 2.24) is 15.5 Å². The Labute approximate surface area is 165 Å². The molecule has 1 aromatic carbocycles. The SMILES string of the molecule is CCc1n[nH]c(=O)c(CNC(=O)Nc2c3c(cc4c2CCC4)CCC3)c1CC. The zero-order valence-corrected chi connectivity index (χ0v) is 16.7. The molecule has 0 atom stereocenters. The lowest BCUT2D eigenvalue weighted by atomic mass is 9.99. The van der Waals surface area contributed by atoms with E-state index < -0.39 is 0 Å². The Hall–Kier alpha value is -2.63. The number of aryl methyl sites for hydroxylation is 3. The van der Waals surface area contributed by atoms with E-state index in [2.05, 4.69) is 26.9 Å². The molecule has 0 radical (unpaired) electrons. The Morgan fingerprint density at radius 2 is 1.71 bits per heavy atom. The van der Waals surface area contributed by atoms with Crippen LogP contribution in [0.2, 0.25) is 0 Å². The van der Waals surface area contributed by atoms with E-state index in [0.717, 1.165) is 68.3 Å². The normalized spacial score (nSPS) is 14.6. The van der Waals surface area contributed by atoms with Crippen LogP contribution in [0.15, 0.2) is 10.9 Å². The molecule has 3 N–H and O–H groups in total. The number of nitrogens with one attached hydrogen (secondary N) is 3. The summed E-state index contributed by atoms with van der Waals surface area (Å²) in [5.74, 6) is 0. The van der Waals surface area contributed by atoms with Gasteiger partial charge in [-0.25, -0.2) is 9.89 Å². The molecule has 28 heavy (non-hydrogen) atoms. The minimum absolute atomic E-state index is 0.205. The fourth-order valence-electron chi connectivity index (χ4n) is 4.75. The number of H-pyrrole nitrogens is 1. The van der Waals surface area contributed by atoms with Crippen LogP contribution >= 0.6 is 0 Å². The standard InChI is InChI=1S/C22H28N4O2/c1-3-15-18(21(27)26-25-19(15)4-2)12-23-22(28)24-20-16-9-5-7-13(16)11-14-8-6-10-17(14)20/h11H,3-10,12H2,1-2H3,(H,26,27)(H2,23,24,28). The zero-order chi connectivity index (χ0) is 19.7. The van der Waals surface area contributed by atoms with Gasteiger partial charge in [-0.05, 0) is 79.2 Å². The molecule has 0 spiro atoms. The molecule has 0 bridgehead atoms. The monoisotopic (exact) mass is 380 g/mol. The largest absolute Gasteiger partial charge is 0.334 e. The second-order valence-corrected chi connectivity index (χ2v) is 7.71. The minimum atomic E-state index is -0.245. The van der Waals surface area contributed by atoms with Gasteiger partial charge in [0.15, 0.2) is 0 Å². The van der Waals surface area contributed by atoms with E-state index in [-0.39, 0.29) is 18.1 Å². The summed E-state index contributed by atoms with van der Waals surface area (Å²) in [7, 11) is 0. The molecule has 0 unspecified atom stereocenters. The quantitative estimate of drug-likeness (QED) is 0.744. The van der Waals surface area contributed by atoms with Crippen molar-refractivity contribution in [2.75, 3.05) is 5.32 Å². The van der Waals surface area contributed by atoms with E-state index >= 15 is 0 Å². The second kappa shape index (κ2) is 7.78. The van der Waals surface area contributed by atoms with Crippen LogP contribution in [0.5, 0.6) is 0 Å². The molecule has 2 aliphatic carbocycles. The molecule has 1 heterocycles. The molecule has 0 aliphatic heterocycles. The summed E-state index contributed by atoms with van der Waals surface area (Å²) < 4.78 is 0. The maximum Gasteiger partial charge on any atom is 0.319 e. The lowest BCUT2D eigenvalue weighted by Crippen LogP contribution is -2.33. The summed E-state index contributed by atoms with van der Waals surface area (Å²) in [4.78, 5) is 25.0. The third kappa shape index (κ3) is 3.32. The minimum Gasteiger partial charge on any atom is -0.334 e. The number of hydrogen-bond donors (Lipinski definition) is 3. The number of nitrogens with zero attached hydrogens (tertiary/aromatic N) is 1. The van der Waals surface area contributed by atoms with Crippen molar-refractivity contribution < 1.29 is 4.79 Å². The van der Waals surface area contributed by atoms with E-state index in [1.807, 2.05) is 13.8 Å². The van der Waals surface area contributed by atoms with Crippen LogP contribution in [0.1, 0.15) is 65.8 Å². The first kappa shape index (κ1) is 18.7. The van der Waals surface area contributed by atoms with Crippen LogP contribution in [-0.4, -0.2) is 16.2 Å². The molecule has 0 saturated carbocycles. The van der Waals surface area contributed by atoms with Gasteiger partial charge in [-0.1, -0.05) is 19.9 Å². The number of rotatable bonds is 5. The molecule has 2 amide bonds. The van der Waals surface area contributed by atoms with E-state index in [9.17, 15) is 9.59 Å². The smallest absolute Gasteiger partial charge is 0.319 e. The van der Waals surface area contributed by atoms with Gasteiger partial charge in [0, 0.05) is 11.3 Å². The van der Waals surface area contributed by atoms with Gasteiger partial charge in [0.1, 0.15) is 0 Å². The number of fused-ring (bicyclic) bond motifs is 2. The molecular formula is C22H28N4O2. The predicted octanol–water partition coefficient (Wildman–Crippen LogP) is 3.19. The summed E-state index contributed by atoms with van der Waals surface area (Å²) in [6.45, 7) is 4.23. The molecular weight excluding hydrogens is 352 g/mol. The lowest BCUT2D eigenvalue weighted by Gasteiger charge is -2.17. The average Bonchev–Trinajstić information content (AvgIpc) is 3.35. The van der Waals surface area contributed by atoms with Crippen LogP contribution in [-0.2, 0) is 45.1 Å². The van der Waals surface area contributed by atoms with E-state index in [4.69, 9.17) is 0 Å². The van der Waals surface area contributed by atoms with Gasteiger partial charge in [-0.15, -0.1) is 0 Å². The van der Waals surface area contributed by atoms with Crippen molar-refractivity contribution >= 4 is 11.7 Å². The first-order valence-corrected chi connectivity index (χ1v) is 10.4. The van der Waals surface area contributed by atoms with Gasteiger partial charge in [0.25, 0.3) is 5.56 Å². The Morgan fingerprint density at radius 3 is 2.32 bits per heavy atom. The van der Waals surface area contributed by atoms with E-state index in [0.29, 0.717) is 5.56 Å². The first-order chi connectivity index (χ1) is 13.6. The third-order valence-corrected chi connectivity index (χ3v) is 6.10. The molecule has 6 heteroatoms. The summed E-state index contributed by atoms with van der Waals surface area (Å²) in [5, 5.41) is 12.7. The van der Waals surface area contributed by atoms with Gasteiger partial charge >= 0.3 is 6.03 Å². The summed E-state index contributed by atoms with van der Waals surface area (Å²) in [6.07, 6.45) is 8.04. The third-order valence-electron chi connectivity index (χ3n) is 6.10. The van der Waals surface area contributed by atoms with E-state index in [1.165, 1.54) is 22.3 Å². The summed E-state index contributed by atoms with van der Waals surface area (Å²) >= 11 is 0. The zero-order valence-electron chi connectivity index (χ0n) is 16.7. The van der Waals surface area contributed by atoms with Crippen LogP contribution in [0.3, 0.4) is 0 Å². The lowest BCUT2D eigenvalue weighted by molar-refractivity contribution is 0.251. The second-order valence-electron chi connectivity index (χ2n) is 7.71. The molecule has 2 aromatic rings. The van der Waals surface area contributed by atoms with Crippen LogP contribution < -0.4 is 16.2 Å². The fraction of sp³-hybridized carbons (Fsp3) is 0.500. The number of aromatic amines is 1. The van der Waals surface area contributed by atoms with Crippen molar-refractivity contribution in [1.29, 1.82) is 0 Å². The Kier molecular flexibility index (Phi) is 5.20. The number of aromatic nitrogens is 2. The number of amides is 2. The topological polar surface area (TPSA) is 86.9 Å². The Morgan fingerprint density at radius 1 is 1.04 bits per heavy atom. The molecule has 0 saturated heterocycles. The van der Waals surface area contributed by atoms with Gasteiger partial charge in [0.2, 0.25) is 0 Å². The molecule has 1 aromatic heterocycles. The van der Waals surface area contributed by atoms with Gasteiger partial charge in [-0.2, -0.15) is 5.10 Å². The maximum atomic E-state index is 12.7. The Balaban J connectivity index is 1.54. The van der Waals surface area contributed by atoms with Crippen molar-refractivity contribution in [2.24, 2.45) is 0 Å². The maximum absolute atomic E-state index is 12.7. The van der Waals surface area contributed by atoms with Crippen molar-refractivity contribution in [3.63, 3.8) is 0 Å². The highest BCUT2D eigenvalue weighted by atomic mass is 16.2. The average molecular weight is 380 g/mol. The number of carbonyl (C=O) groups is 1. The highest BCUT2D eigenvalue weighted by molar-refractivity contribution is 5.92. The number of benzene rings is 1. The van der Waals surface area contributed by atoms with E-state index in [1.54, 1.807) is 0 Å². The van der Waals surface area contributed by atoms with Crippen molar-refractivity contribution in [3.8, 4) is 0 Å². The molecule has 148 valence electrons. The van der Waals surface area contributed by atoms with Crippen LogP contribution in [0.25, 0.3) is 0 Å². The molecule has 0 fully saturated rings. The predicted molar refractivity (Wildman–Crippen MR) is 110 cm³/mol. The highest BCUT2D eigenvalue weighted by Gasteiger charge is 2.25. The number of carbonyl (C=O) groups excluding carboxylic acids is 1. The number of hydrogen-bond acceptors (Lipinski definition) is 3. The van der Waals surface area contributed by atoms with Crippen LogP contribution in [0.4, 0.5) is 10.5 Å². The first-order valence-electron chi connectivity index (χ1n) is 10.4. The number of anilines is 1. The molecule has 6 nitrogen and oxygen atoms in total. The highest BCUT2D eigenvalue weighted by Crippen LogP contribution is 2.38. The van der Waals surface area contributed by atoms with Gasteiger partial charge in [0.05, 0.1) is 12.2 Å². The fourth-order valence-corrected chi connectivity index (χ4v) is 4.75. The Bertz CT molecular complexity index is 945. The van der Waals surface area contributed by atoms with Gasteiger partial charge in [-0.3, -0.25) is 4.79 Å². The number of urea groups is 1.